The van der Waals surface area contributed by atoms with E-state index in [0.717, 1.165) is 37.6 Å². The molecule has 124 valence electrons. The molecule has 1 fully saturated rings. The van der Waals surface area contributed by atoms with Crippen LogP contribution >= 0.6 is 11.8 Å². The van der Waals surface area contributed by atoms with Crippen molar-refractivity contribution in [2.24, 2.45) is 5.16 Å². The van der Waals surface area contributed by atoms with Gasteiger partial charge in [-0.1, -0.05) is 12.1 Å². The van der Waals surface area contributed by atoms with Gasteiger partial charge in [-0.25, -0.2) is 0 Å². The summed E-state index contributed by atoms with van der Waals surface area (Å²) in [5.41, 5.74) is 1.72. The molecular formula is C17H26N2O2SY+. The number of morpholine rings is 1. The fourth-order valence-corrected chi connectivity index (χ4v) is 3.01. The molecule has 0 aliphatic carbocycles. The van der Waals surface area contributed by atoms with Crippen molar-refractivity contribution in [3.05, 3.63) is 44.4 Å². The van der Waals surface area contributed by atoms with Crippen LogP contribution in [0.15, 0.2) is 34.3 Å². The van der Waals surface area contributed by atoms with E-state index in [-0.39, 0.29) is 45.7 Å². The molecule has 1 heterocycles. The van der Waals surface area contributed by atoms with E-state index in [4.69, 9.17) is 9.57 Å². The minimum absolute atomic E-state index is 0. The van der Waals surface area contributed by atoms with Crippen LogP contribution in [0, 0.1) is 14.5 Å². The maximum absolute atomic E-state index is 5.44. The molecule has 6 heteroatoms. The third kappa shape index (κ3) is 5.82. The molecule has 1 aromatic carbocycles. The Labute approximate surface area is 170 Å². The molecule has 23 heavy (non-hydrogen) atoms. The van der Waals surface area contributed by atoms with Crippen LogP contribution in [0.2, 0.25) is 0 Å². The maximum atomic E-state index is 5.44. The van der Waals surface area contributed by atoms with Crippen LogP contribution in [0.3, 0.4) is 0 Å². The van der Waals surface area contributed by atoms with Gasteiger partial charge in [-0.15, -0.1) is 24.0 Å². The Balaban J connectivity index is 0.00000242. The minimum Gasteiger partial charge on any atom is -0.570 e. The molecule has 1 aromatic rings. The van der Waals surface area contributed by atoms with E-state index in [1.807, 2.05) is 0 Å². The second-order valence-electron chi connectivity index (χ2n) is 5.46. The predicted octanol–water partition coefficient (Wildman–Crippen LogP) is 3.48. The van der Waals surface area contributed by atoms with Crippen LogP contribution in [0.1, 0.15) is 19.4 Å². The number of rotatable bonds is 5. The van der Waals surface area contributed by atoms with Crippen LogP contribution in [0.4, 0.5) is 0 Å². The summed E-state index contributed by atoms with van der Waals surface area (Å²) in [5.74, 6) is 0. The van der Waals surface area contributed by atoms with Gasteiger partial charge in [0.1, 0.15) is 5.71 Å². The molecule has 0 amide bonds. The molecule has 1 aliphatic rings. The van der Waals surface area contributed by atoms with Crippen molar-refractivity contribution in [3.63, 3.8) is 0 Å². The Bertz CT molecular complexity index is 486. The van der Waals surface area contributed by atoms with E-state index in [1.165, 1.54) is 4.90 Å². The number of nitrogens with zero attached hydrogens (tertiary/aromatic N) is 2. The molecule has 1 aliphatic heterocycles. The van der Waals surface area contributed by atoms with Gasteiger partial charge in [-0.05, 0) is 32.2 Å². The summed E-state index contributed by atoms with van der Waals surface area (Å²) in [6, 6.07) is 8.39. The van der Waals surface area contributed by atoms with Crippen LogP contribution < -0.4 is 0 Å². The van der Waals surface area contributed by atoms with Crippen LogP contribution in [0.25, 0.3) is 0 Å². The van der Waals surface area contributed by atoms with E-state index in [2.05, 4.69) is 61.5 Å². The Morgan fingerprint density at radius 2 is 1.83 bits per heavy atom. The van der Waals surface area contributed by atoms with E-state index < -0.39 is 0 Å². The topological polar surface area (TPSA) is 34.1 Å². The first-order valence-corrected chi connectivity index (χ1v) is 8.29. The molecule has 0 radical (unpaired) electrons. The van der Waals surface area contributed by atoms with Gasteiger partial charge in [0, 0.05) is 23.5 Å². The fraction of sp³-hybridized carbons (Fsp3) is 0.471. The molecule has 0 saturated carbocycles. The quantitative estimate of drug-likeness (QED) is 0.322. The Kier molecular flexibility index (Phi) is 10.9. The van der Waals surface area contributed by atoms with Crippen LogP contribution in [-0.4, -0.2) is 48.7 Å². The Hall–Kier alpha value is 0.0639. The van der Waals surface area contributed by atoms with E-state index in [1.54, 1.807) is 11.8 Å². The number of ether oxygens (including phenoxy) is 1. The first kappa shape index (κ1) is 23.1. The SMILES string of the molecule is [CH2-]O/N=C(\c1ccc(SC)cc1)C(C)(C)N1CCOCC1.[CH3-].[Y+3]. The summed E-state index contributed by atoms with van der Waals surface area (Å²) in [4.78, 5) is 8.47. The second kappa shape index (κ2) is 10.8. The summed E-state index contributed by atoms with van der Waals surface area (Å²) in [6.07, 6.45) is 2.07. The second-order valence-corrected chi connectivity index (χ2v) is 6.34. The molecule has 0 unspecified atom stereocenters. The zero-order chi connectivity index (χ0) is 15.3. The van der Waals surface area contributed by atoms with Crippen LogP contribution in [-0.2, 0) is 42.3 Å². The number of hydrogen-bond donors (Lipinski definition) is 0. The van der Waals surface area contributed by atoms with Crippen LogP contribution in [0.5, 0.6) is 0 Å². The summed E-state index contributed by atoms with van der Waals surface area (Å²) >= 11 is 1.73. The van der Waals surface area contributed by atoms with Gasteiger partial charge in [0.25, 0.3) is 0 Å². The molecule has 1 saturated heterocycles. The molecular weight excluding hydrogens is 385 g/mol. The normalized spacial score (nSPS) is 16.3. The standard InChI is InChI=1S/C16H23N2O2S.CH3.Y/c1-16(2,18-9-11-20-12-10-18)15(17-19-3)13-5-7-14(21-4)8-6-13;;/h5-8H,3,9-12H2,1-2,4H3;1H3;/q2*-1;+3/b17-15+;;. The first-order valence-electron chi connectivity index (χ1n) is 7.06. The number of hydrogen-bond acceptors (Lipinski definition) is 5. The van der Waals surface area contributed by atoms with Gasteiger partial charge in [0.2, 0.25) is 0 Å². The fourth-order valence-electron chi connectivity index (χ4n) is 2.60. The van der Waals surface area contributed by atoms with Crippen molar-refractivity contribution < 1.29 is 42.3 Å². The Morgan fingerprint density at radius 1 is 1.26 bits per heavy atom. The molecule has 0 spiro atoms. The van der Waals surface area contributed by atoms with Crippen molar-refractivity contribution in [1.29, 1.82) is 0 Å². The molecule has 0 bridgehead atoms. The van der Waals surface area contributed by atoms with Crippen molar-refractivity contribution in [3.8, 4) is 0 Å². The zero-order valence-corrected chi connectivity index (χ0v) is 18.2. The van der Waals surface area contributed by atoms with E-state index >= 15 is 0 Å². The third-order valence-corrected chi connectivity index (χ3v) is 4.64. The average Bonchev–Trinajstić information content (AvgIpc) is 2.53. The van der Waals surface area contributed by atoms with Gasteiger partial charge in [-0.3, -0.25) is 4.90 Å². The van der Waals surface area contributed by atoms with Gasteiger partial charge in [0.15, 0.2) is 0 Å². The number of thioether (sulfide) groups is 1. The maximum Gasteiger partial charge on any atom is 3.00 e. The Morgan fingerprint density at radius 3 is 2.30 bits per heavy atom. The molecule has 0 aromatic heterocycles. The largest absolute Gasteiger partial charge is 3.00 e. The monoisotopic (exact) mass is 411 g/mol. The third-order valence-electron chi connectivity index (χ3n) is 3.90. The minimum atomic E-state index is -0.234. The number of benzene rings is 1. The zero-order valence-electron chi connectivity index (χ0n) is 14.5. The summed E-state index contributed by atoms with van der Waals surface area (Å²) in [7, 11) is 3.41. The van der Waals surface area contributed by atoms with Crippen molar-refractivity contribution in [2.75, 3.05) is 32.6 Å². The van der Waals surface area contributed by atoms with Gasteiger partial charge in [0.05, 0.1) is 18.8 Å². The molecule has 2 rings (SSSR count). The van der Waals surface area contributed by atoms with E-state index in [9.17, 15) is 0 Å². The van der Waals surface area contributed by atoms with Gasteiger partial charge < -0.3 is 17.0 Å². The molecule has 0 N–H and O–H groups in total. The van der Waals surface area contributed by atoms with Gasteiger partial charge >= 0.3 is 32.7 Å². The van der Waals surface area contributed by atoms with Crippen molar-refractivity contribution in [2.45, 2.75) is 24.3 Å². The first-order chi connectivity index (χ1) is 10.1. The average molecular weight is 411 g/mol. The van der Waals surface area contributed by atoms with Crippen molar-refractivity contribution in [1.82, 2.24) is 4.90 Å². The summed E-state index contributed by atoms with van der Waals surface area (Å²) < 4.78 is 5.44. The van der Waals surface area contributed by atoms with E-state index in [0.29, 0.717) is 0 Å². The van der Waals surface area contributed by atoms with Gasteiger partial charge in [-0.2, -0.15) is 0 Å². The smallest absolute Gasteiger partial charge is 0.570 e. The number of oxime groups is 1. The molecule has 0 atom stereocenters. The predicted molar refractivity (Wildman–Crippen MR) is 94.1 cm³/mol. The molecule has 4 nitrogen and oxygen atoms in total. The summed E-state index contributed by atoms with van der Waals surface area (Å²) in [5, 5.41) is 4.21. The summed E-state index contributed by atoms with van der Waals surface area (Å²) in [6.45, 7) is 7.64. The van der Waals surface area contributed by atoms with Crippen molar-refractivity contribution >= 4 is 17.5 Å².